The van der Waals surface area contributed by atoms with Gasteiger partial charge < -0.3 is 4.84 Å². The Balaban J connectivity index is 2.03. The number of hydrogen-bond donors (Lipinski definition) is 0. The minimum absolute atomic E-state index is 0.410. The van der Waals surface area contributed by atoms with Crippen molar-refractivity contribution >= 4 is 27.6 Å². The highest BCUT2D eigenvalue weighted by Gasteiger charge is 2.13. The molecular formula is C12H12BrNO2. The van der Waals surface area contributed by atoms with Gasteiger partial charge in [-0.05, 0) is 53.7 Å². The molecule has 3 nitrogen and oxygen atoms in total. The summed E-state index contributed by atoms with van der Waals surface area (Å²) >= 11 is 3.30. The van der Waals surface area contributed by atoms with Gasteiger partial charge in [0.25, 0.3) is 0 Å². The second kappa shape index (κ2) is 5.25. The van der Waals surface area contributed by atoms with E-state index in [1.54, 1.807) is 18.2 Å². The third-order valence-corrected chi connectivity index (χ3v) is 3.22. The Hall–Kier alpha value is -1.16. The van der Waals surface area contributed by atoms with Crippen molar-refractivity contribution in [2.75, 3.05) is 0 Å². The van der Waals surface area contributed by atoms with Crippen LogP contribution in [0.5, 0.6) is 0 Å². The molecule has 2 rings (SSSR count). The number of carbonyl (C=O) groups excluding carboxylic acids is 1. The van der Waals surface area contributed by atoms with E-state index in [9.17, 15) is 4.79 Å². The van der Waals surface area contributed by atoms with Crippen LogP contribution in [-0.4, -0.2) is 11.7 Å². The van der Waals surface area contributed by atoms with E-state index in [4.69, 9.17) is 4.84 Å². The van der Waals surface area contributed by atoms with Crippen molar-refractivity contribution in [3.8, 4) is 0 Å². The monoisotopic (exact) mass is 281 g/mol. The van der Waals surface area contributed by atoms with Crippen molar-refractivity contribution < 1.29 is 9.63 Å². The summed E-state index contributed by atoms with van der Waals surface area (Å²) in [6, 6.07) is 7.16. The van der Waals surface area contributed by atoms with Gasteiger partial charge in [0, 0.05) is 4.47 Å². The molecule has 4 heteroatoms. The molecule has 0 spiro atoms. The lowest BCUT2D eigenvalue weighted by Crippen LogP contribution is -2.03. The maximum Gasteiger partial charge on any atom is 0.366 e. The number of carbonyl (C=O) groups is 1. The van der Waals surface area contributed by atoms with E-state index in [0.29, 0.717) is 5.56 Å². The van der Waals surface area contributed by atoms with Crippen LogP contribution in [0.4, 0.5) is 0 Å². The van der Waals surface area contributed by atoms with Gasteiger partial charge in [0.2, 0.25) is 0 Å². The van der Waals surface area contributed by atoms with Gasteiger partial charge in [-0.15, -0.1) is 0 Å². The predicted octanol–water partition coefficient (Wildman–Crippen LogP) is 3.54. The van der Waals surface area contributed by atoms with Gasteiger partial charge in [0.15, 0.2) is 0 Å². The molecule has 1 saturated carbocycles. The summed E-state index contributed by atoms with van der Waals surface area (Å²) in [5.41, 5.74) is 1.49. The summed E-state index contributed by atoms with van der Waals surface area (Å²) in [5, 5.41) is 3.89. The zero-order valence-corrected chi connectivity index (χ0v) is 10.4. The summed E-state index contributed by atoms with van der Waals surface area (Å²) in [6.07, 6.45) is 4.18. The zero-order valence-electron chi connectivity index (χ0n) is 8.78. The maximum absolute atomic E-state index is 11.7. The van der Waals surface area contributed by atoms with E-state index in [-0.39, 0.29) is 0 Å². The van der Waals surface area contributed by atoms with Crippen LogP contribution in [0.25, 0.3) is 0 Å². The van der Waals surface area contributed by atoms with Gasteiger partial charge in [-0.1, -0.05) is 17.3 Å². The molecule has 0 unspecified atom stereocenters. The van der Waals surface area contributed by atoms with Crippen molar-refractivity contribution in [3.63, 3.8) is 0 Å². The van der Waals surface area contributed by atoms with Crippen molar-refractivity contribution in [3.05, 3.63) is 34.3 Å². The maximum atomic E-state index is 11.7. The van der Waals surface area contributed by atoms with Crippen LogP contribution in [-0.2, 0) is 4.84 Å². The van der Waals surface area contributed by atoms with E-state index in [1.807, 2.05) is 6.07 Å². The van der Waals surface area contributed by atoms with E-state index in [0.717, 1.165) is 35.9 Å². The number of benzene rings is 1. The van der Waals surface area contributed by atoms with Gasteiger partial charge in [0.05, 0.1) is 11.3 Å². The molecule has 0 atom stereocenters. The largest absolute Gasteiger partial charge is 0.366 e. The molecule has 0 aliphatic heterocycles. The summed E-state index contributed by atoms with van der Waals surface area (Å²) in [5.74, 6) is -0.410. The van der Waals surface area contributed by atoms with Crippen LogP contribution in [0, 0.1) is 0 Å². The molecule has 0 heterocycles. The van der Waals surface area contributed by atoms with Crippen molar-refractivity contribution in [2.45, 2.75) is 25.7 Å². The molecule has 1 aliphatic carbocycles. The molecule has 1 aromatic carbocycles. The number of oxime groups is 1. The Kier molecular flexibility index (Phi) is 3.72. The topological polar surface area (TPSA) is 38.7 Å². The number of nitrogens with zero attached hydrogens (tertiary/aromatic N) is 1. The second-order valence-electron chi connectivity index (χ2n) is 3.72. The van der Waals surface area contributed by atoms with E-state index in [1.165, 1.54) is 0 Å². The Bertz CT molecular complexity index is 421. The number of rotatable bonds is 2. The molecule has 1 aromatic rings. The Labute approximate surface area is 103 Å². The second-order valence-corrected chi connectivity index (χ2v) is 4.58. The Morgan fingerprint density at radius 3 is 2.62 bits per heavy atom. The van der Waals surface area contributed by atoms with Gasteiger partial charge in [-0.25, -0.2) is 4.79 Å². The van der Waals surface area contributed by atoms with Crippen LogP contribution in [0.15, 0.2) is 33.9 Å². The van der Waals surface area contributed by atoms with Crippen molar-refractivity contribution in [1.29, 1.82) is 0 Å². The molecule has 0 N–H and O–H groups in total. The lowest BCUT2D eigenvalue weighted by Gasteiger charge is -2.01. The SMILES string of the molecule is O=C(ON=C1CCCC1)c1ccccc1Br. The lowest BCUT2D eigenvalue weighted by molar-refractivity contribution is 0.0514. The molecule has 84 valence electrons. The molecule has 0 radical (unpaired) electrons. The number of hydrogen-bond acceptors (Lipinski definition) is 3. The first-order valence-corrected chi connectivity index (χ1v) is 6.08. The van der Waals surface area contributed by atoms with Gasteiger partial charge in [0.1, 0.15) is 0 Å². The third kappa shape index (κ3) is 2.70. The first kappa shape index (κ1) is 11.3. The molecule has 0 bridgehead atoms. The molecule has 1 aliphatic rings. The summed E-state index contributed by atoms with van der Waals surface area (Å²) in [4.78, 5) is 16.6. The zero-order chi connectivity index (χ0) is 11.4. The standard InChI is InChI=1S/C12H12BrNO2/c13-11-8-4-3-7-10(11)12(15)16-14-9-5-1-2-6-9/h3-4,7-8H,1-2,5-6H2. The molecule has 0 aromatic heterocycles. The molecule has 1 fully saturated rings. The van der Waals surface area contributed by atoms with Gasteiger partial charge >= 0.3 is 5.97 Å². The minimum atomic E-state index is -0.410. The normalized spacial score (nSPS) is 14.9. The van der Waals surface area contributed by atoms with Gasteiger partial charge in [-0.3, -0.25) is 0 Å². The van der Waals surface area contributed by atoms with Crippen LogP contribution in [0.2, 0.25) is 0 Å². The molecule has 0 saturated heterocycles. The smallest absolute Gasteiger partial charge is 0.313 e. The van der Waals surface area contributed by atoms with E-state index < -0.39 is 5.97 Å². The molecular weight excluding hydrogens is 270 g/mol. The van der Waals surface area contributed by atoms with E-state index >= 15 is 0 Å². The van der Waals surface area contributed by atoms with Crippen molar-refractivity contribution in [2.24, 2.45) is 5.16 Å². The minimum Gasteiger partial charge on any atom is -0.313 e. The average molecular weight is 282 g/mol. The van der Waals surface area contributed by atoms with Crippen LogP contribution in [0.1, 0.15) is 36.0 Å². The fourth-order valence-electron chi connectivity index (χ4n) is 1.66. The van der Waals surface area contributed by atoms with Gasteiger partial charge in [-0.2, -0.15) is 0 Å². The first-order chi connectivity index (χ1) is 7.77. The lowest BCUT2D eigenvalue weighted by atomic mass is 10.2. The van der Waals surface area contributed by atoms with Crippen LogP contribution >= 0.6 is 15.9 Å². The molecule has 0 amide bonds. The highest BCUT2D eigenvalue weighted by molar-refractivity contribution is 9.10. The van der Waals surface area contributed by atoms with Crippen molar-refractivity contribution in [1.82, 2.24) is 0 Å². The highest BCUT2D eigenvalue weighted by atomic mass is 79.9. The predicted molar refractivity (Wildman–Crippen MR) is 65.5 cm³/mol. The quantitative estimate of drug-likeness (QED) is 0.614. The third-order valence-electron chi connectivity index (χ3n) is 2.53. The fraction of sp³-hybridized carbons (Fsp3) is 0.333. The van der Waals surface area contributed by atoms with E-state index in [2.05, 4.69) is 21.1 Å². The first-order valence-electron chi connectivity index (χ1n) is 5.29. The molecule has 16 heavy (non-hydrogen) atoms. The summed E-state index contributed by atoms with van der Waals surface area (Å²) in [6.45, 7) is 0. The fourth-order valence-corrected chi connectivity index (χ4v) is 2.10. The van der Waals surface area contributed by atoms with Crippen LogP contribution in [0.3, 0.4) is 0 Å². The average Bonchev–Trinajstić information content (AvgIpc) is 2.79. The highest BCUT2D eigenvalue weighted by Crippen LogP contribution is 2.18. The summed E-state index contributed by atoms with van der Waals surface area (Å²) < 4.78 is 0.728. The summed E-state index contributed by atoms with van der Waals surface area (Å²) in [7, 11) is 0. The number of halogens is 1. The Morgan fingerprint density at radius 2 is 1.94 bits per heavy atom. The Morgan fingerprint density at radius 1 is 1.25 bits per heavy atom. The van der Waals surface area contributed by atoms with Crippen LogP contribution < -0.4 is 0 Å².